The molecule has 0 bridgehead atoms. The Hall–Kier alpha value is -3.48. The predicted octanol–water partition coefficient (Wildman–Crippen LogP) is 4.27. The molecule has 1 atom stereocenters. The van der Waals surface area contributed by atoms with E-state index in [0.717, 1.165) is 6.42 Å². The van der Waals surface area contributed by atoms with E-state index in [4.69, 9.17) is 0 Å². The van der Waals surface area contributed by atoms with Gasteiger partial charge in [0.05, 0.1) is 22.4 Å². The summed E-state index contributed by atoms with van der Waals surface area (Å²) in [5.41, 5.74) is 2.25. The van der Waals surface area contributed by atoms with Crippen molar-refractivity contribution in [2.45, 2.75) is 38.6 Å². The number of hydrogen-bond donors (Lipinski definition) is 1. The summed E-state index contributed by atoms with van der Waals surface area (Å²) in [7, 11) is 0. The molecular weight excluding hydrogens is 368 g/mol. The second-order valence-corrected chi connectivity index (χ2v) is 7.78. The van der Waals surface area contributed by atoms with Crippen molar-refractivity contribution >= 4 is 11.6 Å². The van der Waals surface area contributed by atoms with Crippen LogP contribution in [0.5, 0.6) is 0 Å². The van der Waals surface area contributed by atoms with Gasteiger partial charge >= 0.3 is 0 Å². The van der Waals surface area contributed by atoms with Crippen molar-refractivity contribution in [1.29, 1.82) is 0 Å². The highest BCUT2D eigenvalue weighted by molar-refractivity contribution is 5.94. The first-order valence-electron chi connectivity index (χ1n) is 9.42. The highest BCUT2D eigenvalue weighted by Crippen LogP contribution is 2.28. The first kappa shape index (κ1) is 20.3. The number of carbonyl (C=O) groups is 1. The average Bonchev–Trinajstić information content (AvgIpc) is 3.18. The standard InChI is InChI=1S/C22H24N4O3/c1-16(13-22(2,3)18-7-5-4-6-8-18)24-21(27)17-14-23-25(15-17)19-9-11-20(12-10-19)26(28)29/h4-12,14-16H,13H2,1-3H3,(H,24,27). The van der Waals surface area contributed by atoms with Gasteiger partial charge < -0.3 is 5.32 Å². The molecule has 0 saturated heterocycles. The lowest BCUT2D eigenvalue weighted by Crippen LogP contribution is -2.37. The van der Waals surface area contributed by atoms with E-state index >= 15 is 0 Å². The number of nitro benzene ring substituents is 1. The first-order valence-corrected chi connectivity index (χ1v) is 9.42. The second-order valence-electron chi connectivity index (χ2n) is 7.78. The maximum Gasteiger partial charge on any atom is 0.269 e. The maximum absolute atomic E-state index is 12.6. The highest BCUT2D eigenvalue weighted by Gasteiger charge is 2.24. The van der Waals surface area contributed by atoms with Crippen LogP contribution in [0.3, 0.4) is 0 Å². The summed E-state index contributed by atoms with van der Waals surface area (Å²) in [5, 5.41) is 18.0. The van der Waals surface area contributed by atoms with Crippen LogP contribution in [0, 0.1) is 10.1 Å². The molecule has 0 aliphatic heterocycles. The molecule has 1 amide bonds. The van der Waals surface area contributed by atoms with Gasteiger partial charge in [-0.1, -0.05) is 44.2 Å². The minimum atomic E-state index is -0.454. The molecule has 7 heteroatoms. The van der Waals surface area contributed by atoms with Gasteiger partial charge in [0.25, 0.3) is 11.6 Å². The van der Waals surface area contributed by atoms with Crippen LogP contribution in [0.4, 0.5) is 5.69 Å². The van der Waals surface area contributed by atoms with E-state index in [-0.39, 0.29) is 23.1 Å². The molecule has 0 fully saturated rings. The van der Waals surface area contributed by atoms with E-state index < -0.39 is 4.92 Å². The summed E-state index contributed by atoms with van der Waals surface area (Å²) in [6, 6.07) is 16.2. The number of hydrogen-bond acceptors (Lipinski definition) is 4. The van der Waals surface area contributed by atoms with Gasteiger partial charge in [-0.25, -0.2) is 4.68 Å². The van der Waals surface area contributed by atoms with Crippen LogP contribution in [0.2, 0.25) is 0 Å². The number of nitrogens with one attached hydrogen (secondary N) is 1. The zero-order valence-electron chi connectivity index (χ0n) is 16.7. The lowest BCUT2D eigenvalue weighted by Gasteiger charge is -2.29. The van der Waals surface area contributed by atoms with Crippen LogP contribution in [-0.4, -0.2) is 26.7 Å². The lowest BCUT2D eigenvalue weighted by molar-refractivity contribution is -0.384. The van der Waals surface area contributed by atoms with Crippen molar-refractivity contribution in [3.63, 3.8) is 0 Å². The van der Waals surface area contributed by atoms with Gasteiger partial charge in [0.2, 0.25) is 0 Å². The van der Waals surface area contributed by atoms with Crippen LogP contribution in [0.25, 0.3) is 5.69 Å². The molecule has 0 saturated carbocycles. The molecule has 1 heterocycles. The number of amides is 1. The largest absolute Gasteiger partial charge is 0.349 e. The third-order valence-corrected chi connectivity index (χ3v) is 4.92. The molecule has 7 nitrogen and oxygen atoms in total. The molecule has 0 aliphatic carbocycles. The Kier molecular flexibility index (Phi) is 5.77. The summed E-state index contributed by atoms with van der Waals surface area (Å²) in [6.07, 6.45) is 3.90. The molecule has 3 rings (SSSR count). The number of nitro groups is 1. The Morgan fingerprint density at radius 1 is 1.17 bits per heavy atom. The SMILES string of the molecule is CC(CC(C)(C)c1ccccc1)NC(=O)c1cnn(-c2ccc([N+](=O)[O-])cc2)c1. The molecule has 1 N–H and O–H groups in total. The quantitative estimate of drug-likeness (QED) is 0.480. The number of aromatic nitrogens is 2. The highest BCUT2D eigenvalue weighted by atomic mass is 16.6. The van der Waals surface area contributed by atoms with Crippen molar-refractivity contribution in [2.24, 2.45) is 0 Å². The zero-order valence-corrected chi connectivity index (χ0v) is 16.7. The Balaban J connectivity index is 1.64. The fourth-order valence-electron chi connectivity index (χ4n) is 3.44. The Morgan fingerprint density at radius 2 is 1.83 bits per heavy atom. The molecule has 0 aliphatic rings. The van der Waals surface area contributed by atoms with E-state index in [1.807, 2.05) is 25.1 Å². The van der Waals surface area contributed by atoms with Crippen LogP contribution in [0.1, 0.15) is 43.1 Å². The van der Waals surface area contributed by atoms with Crippen LogP contribution in [0.15, 0.2) is 67.0 Å². The zero-order chi connectivity index (χ0) is 21.0. The van der Waals surface area contributed by atoms with E-state index in [9.17, 15) is 14.9 Å². The number of carbonyl (C=O) groups excluding carboxylic acids is 1. The van der Waals surface area contributed by atoms with Gasteiger partial charge in [-0.05, 0) is 36.5 Å². The fourth-order valence-corrected chi connectivity index (χ4v) is 3.44. The van der Waals surface area contributed by atoms with Crippen molar-refractivity contribution in [3.05, 3.63) is 88.2 Å². The molecular formula is C22H24N4O3. The minimum Gasteiger partial charge on any atom is -0.349 e. The topological polar surface area (TPSA) is 90.1 Å². The Labute approximate surface area is 169 Å². The van der Waals surface area contributed by atoms with Crippen LogP contribution in [-0.2, 0) is 5.41 Å². The molecule has 0 spiro atoms. The number of rotatable bonds is 7. The van der Waals surface area contributed by atoms with Gasteiger partial charge in [-0.3, -0.25) is 14.9 Å². The third-order valence-electron chi connectivity index (χ3n) is 4.92. The molecule has 29 heavy (non-hydrogen) atoms. The van der Waals surface area contributed by atoms with E-state index in [2.05, 4.69) is 36.4 Å². The summed E-state index contributed by atoms with van der Waals surface area (Å²) in [6.45, 7) is 6.32. The van der Waals surface area contributed by atoms with Gasteiger partial charge in [-0.2, -0.15) is 5.10 Å². The van der Waals surface area contributed by atoms with Gasteiger partial charge in [0, 0.05) is 24.4 Å². The molecule has 2 aromatic carbocycles. The smallest absolute Gasteiger partial charge is 0.269 e. The van der Waals surface area contributed by atoms with Crippen molar-refractivity contribution < 1.29 is 9.72 Å². The van der Waals surface area contributed by atoms with Crippen LogP contribution < -0.4 is 5.32 Å². The Morgan fingerprint density at radius 3 is 2.45 bits per heavy atom. The minimum absolute atomic E-state index is 0.00808. The predicted molar refractivity (Wildman–Crippen MR) is 111 cm³/mol. The summed E-state index contributed by atoms with van der Waals surface area (Å²) < 4.78 is 1.53. The van der Waals surface area contributed by atoms with Gasteiger partial charge in [0.15, 0.2) is 0 Å². The normalized spacial score (nSPS) is 12.4. The average molecular weight is 392 g/mol. The lowest BCUT2D eigenvalue weighted by atomic mass is 9.79. The molecule has 0 radical (unpaired) electrons. The Bertz CT molecular complexity index is 994. The van der Waals surface area contributed by atoms with Crippen LogP contribution >= 0.6 is 0 Å². The number of benzene rings is 2. The van der Waals surface area contributed by atoms with Crippen molar-refractivity contribution in [1.82, 2.24) is 15.1 Å². The van der Waals surface area contributed by atoms with Crippen molar-refractivity contribution in [2.75, 3.05) is 0 Å². The molecule has 3 aromatic rings. The van der Waals surface area contributed by atoms with E-state index in [1.54, 1.807) is 18.3 Å². The summed E-state index contributed by atoms with van der Waals surface area (Å²) >= 11 is 0. The molecule has 1 unspecified atom stereocenters. The summed E-state index contributed by atoms with van der Waals surface area (Å²) in [5.74, 6) is -0.200. The molecule has 150 valence electrons. The maximum atomic E-state index is 12.6. The molecule has 1 aromatic heterocycles. The van der Waals surface area contributed by atoms with Gasteiger partial charge in [0.1, 0.15) is 0 Å². The van der Waals surface area contributed by atoms with E-state index in [1.165, 1.54) is 28.6 Å². The third kappa shape index (κ3) is 4.87. The number of nitrogens with zero attached hydrogens (tertiary/aromatic N) is 3. The van der Waals surface area contributed by atoms with Gasteiger partial charge in [-0.15, -0.1) is 0 Å². The monoisotopic (exact) mass is 392 g/mol. The first-order chi connectivity index (χ1) is 13.8. The van der Waals surface area contributed by atoms with Crippen molar-refractivity contribution in [3.8, 4) is 5.69 Å². The fraction of sp³-hybridized carbons (Fsp3) is 0.273. The number of non-ortho nitro benzene ring substituents is 1. The second kappa shape index (κ2) is 8.26. The summed E-state index contributed by atoms with van der Waals surface area (Å²) in [4.78, 5) is 22.9. The van der Waals surface area contributed by atoms with E-state index in [0.29, 0.717) is 11.3 Å².